The van der Waals surface area contributed by atoms with Crippen molar-refractivity contribution in [2.45, 2.75) is 38.3 Å². The highest BCUT2D eigenvalue weighted by molar-refractivity contribution is 6.07. The molecule has 7 heteroatoms. The first kappa shape index (κ1) is 14.1. The minimum Gasteiger partial charge on any atom is -0.331 e. The summed E-state index contributed by atoms with van der Waals surface area (Å²) < 4.78 is 1.98. The van der Waals surface area contributed by atoms with E-state index in [0.29, 0.717) is 19.4 Å². The van der Waals surface area contributed by atoms with E-state index in [9.17, 15) is 9.59 Å². The summed E-state index contributed by atoms with van der Waals surface area (Å²) in [6.45, 7) is 5.79. The van der Waals surface area contributed by atoms with Gasteiger partial charge in [-0.1, -0.05) is 0 Å². The van der Waals surface area contributed by atoms with Crippen molar-refractivity contribution in [3.8, 4) is 0 Å². The summed E-state index contributed by atoms with van der Waals surface area (Å²) >= 11 is 0. The largest absolute Gasteiger partial charge is 0.331 e. The zero-order valence-electron chi connectivity index (χ0n) is 12.4. The molecule has 2 aliphatic heterocycles. The topological polar surface area (TPSA) is 79.3 Å². The van der Waals surface area contributed by atoms with Crippen LogP contribution in [0.1, 0.15) is 31.6 Å². The number of aromatic nitrogens is 2. The van der Waals surface area contributed by atoms with Gasteiger partial charge in [-0.25, -0.2) is 9.78 Å². The molecule has 114 valence electrons. The molecule has 2 N–H and O–H groups in total. The number of aryl methyl sites for hydroxylation is 1. The molecule has 3 rings (SSSR count). The lowest BCUT2D eigenvalue weighted by atomic mass is 9.88. The summed E-state index contributed by atoms with van der Waals surface area (Å²) in [6.07, 6.45) is 4.92. The van der Waals surface area contributed by atoms with Gasteiger partial charge in [0.2, 0.25) is 0 Å². The minimum absolute atomic E-state index is 0.0130. The summed E-state index contributed by atoms with van der Waals surface area (Å²) in [6, 6.07) is -0.259. The number of carbonyl (C=O) groups excluding carboxylic acids is 2. The number of urea groups is 1. The van der Waals surface area contributed by atoms with Crippen molar-refractivity contribution in [1.82, 2.24) is 25.1 Å². The number of carbonyl (C=O) groups is 2. The fourth-order valence-corrected chi connectivity index (χ4v) is 3.24. The molecule has 2 aliphatic rings. The fraction of sp³-hybridized carbons (Fsp3) is 0.643. The summed E-state index contributed by atoms with van der Waals surface area (Å²) in [5.74, 6) is 0.796. The summed E-state index contributed by atoms with van der Waals surface area (Å²) in [5.41, 5.74) is -0.688. The molecule has 2 saturated heterocycles. The van der Waals surface area contributed by atoms with Crippen LogP contribution >= 0.6 is 0 Å². The number of nitrogens with one attached hydrogen (secondary N) is 2. The van der Waals surface area contributed by atoms with Crippen molar-refractivity contribution < 1.29 is 9.59 Å². The number of nitrogens with zero attached hydrogens (tertiary/aromatic N) is 3. The molecular weight excluding hydrogens is 270 g/mol. The van der Waals surface area contributed by atoms with E-state index in [1.165, 1.54) is 4.90 Å². The van der Waals surface area contributed by atoms with E-state index in [4.69, 9.17) is 0 Å². The van der Waals surface area contributed by atoms with E-state index in [-0.39, 0.29) is 18.0 Å². The molecule has 1 spiro atoms. The van der Waals surface area contributed by atoms with Gasteiger partial charge in [0, 0.05) is 12.4 Å². The van der Waals surface area contributed by atoms with Crippen LogP contribution in [0.2, 0.25) is 0 Å². The molecule has 1 aromatic rings. The van der Waals surface area contributed by atoms with Gasteiger partial charge in [-0.05, 0) is 39.8 Å². The van der Waals surface area contributed by atoms with Gasteiger partial charge in [0.25, 0.3) is 5.91 Å². The fourth-order valence-electron chi connectivity index (χ4n) is 3.24. The Morgan fingerprint density at radius 1 is 1.38 bits per heavy atom. The van der Waals surface area contributed by atoms with Gasteiger partial charge in [0.05, 0.1) is 12.6 Å². The first-order chi connectivity index (χ1) is 10.0. The molecule has 3 heterocycles. The van der Waals surface area contributed by atoms with Crippen LogP contribution in [0.5, 0.6) is 0 Å². The predicted molar refractivity (Wildman–Crippen MR) is 76.8 cm³/mol. The van der Waals surface area contributed by atoms with E-state index >= 15 is 0 Å². The predicted octanol–water partition coefficient (Wildman–Crippen LogP) is 0.427. The normalized spacial score (nSPS) is 22.7. The van der Waals surface area contributed by atoms with Crippen molar-refractivity contribution in [3.05, 3.63) is 18.2 Å². The highest BCUT2D eigenvalue weighted by Gasteiger charge is 2.51. The maximum atomic E-state index is 12.7. The molecule has 21 heavy (non-hydrogen) atoms. The first-order valence-electron chi connectivity index (χ1n) is 7.38. The Kier molecular flexibility index (Phi) is 3.44. The summed E-state index contributed by atoms with van der Waals surface area (Å²) in [4.78, 5) is 30.4. The molecule has 3 amide bonds. The Labute approximate surface area is 123 Å². The third-order valence-corrected chi connectivity index (χ3v) is 4.49. The van der Waals surface area contributed by atoms with Crippen LogP contribution in [0.3, 0.4) is 0 Å². The van der Waals surface area contributed by atoms with Gasteiger partial charge in [-0.15, -0.1) is 0 Å². The Bertz CT molecular complexity index is 561. The molecule has 1 aromatic heterocycles. The van der Waals surface area contributed by atoms with Gasteiger partial charge in [-0.2, -0.15) is 0 Å². The highest BCUT2D eigenvalue weighted by atomic mass is 16.2. The number of imide groups is 1. The first-order valence-corrected chi connectivity index (χ1v) is 7.38. The molecular formula is C14H21N5O2. The van der Waals surface area contributed by atoms with Crippen LogP contribution in [0.15, 0.2) is 12.4 Å². The van der Waals surface area contributed by atoms with Crippen molar-refractivity contribution in [1.29, 1.82) is 0 Å². The van der Waals surface area contributed by atoms with Crippen LogP contribution in [0.4, 0.5) is 4.79 Å². The molecule has 0 saturated carbocycles. The third kappa shape index (κ3) is 2.31. The van der Waals surface area contributed by atoms with Crippen LogP contribution in [0.25, 0.3) is 0 Å². The molecule has 0 bridgehead atoms. The molecule has 0 aliphatic carbocycles. The Morgan fingerprint density at radius 2 is 2.10 bits per heavy atom. The molecule has 0 aromatic carbocycles. The van der Waals surface area contributed by atoms with Crippen LogP contribution < -0.4 is 10.6 Å². The second-order valence-electron chi connectivity index (χ2n) is 5.91. The minimum atomic E-state index is -0.688. The summed E-state index contributed by atoms with van der Waals surface area (Å²) in [5, 5.41) is 6.13. The smallest absolute Gasteiger partial charge is 0.325 e. The lowest BCUT2D eigenvalue weighted by Gasteiger charge is -2.31. The molecule has 1 unspecified atom stereocenters. The van der Waals surface area contributed by atoms with E-state index in [1.807, 2.05) is 24.6 Å². The van der Waals surface area contributed by atoms with Gasteiger partial charge in [-0.3, -0.25) is 9.69 Å². The van der Waals surface area contributed by atoms with Gasteiger partial charge in [0.15, 0.2) is 0 Å². The SMILES string of the molecule is Cc1nccn1C(C)CN1C(=O)NC2(CCNCC2)C1=O. The molecule has 0 radical (unpaired) electrons. The molecule has 2 fully saturated rings. The number of piperidine rings is 1. The van der Waals surface area contributed by atoms with Gasteiger partial charge in [0.1, 0.15) is 11.4 Å². The standard InChI is InChI=1S/C14H21N5O2/c1-10(18-8-7-16-11(18)2)9-19-12(20)14(17-13(19)21)3-5-15-6-4-14/h7-8,10,15H,3-6,9H2,1-2H3,(H,17,21). The quantitative estimate of drug-likeness (QED) is 0.791. The van der Waals surface area contributed by atoms with E-state index in [2.05, 4.69) is 15.6 Å². The number of hydrogen-bond donors (Lipinski definition) is 2. The van der Waals surface area contributed by atoms with Gasteiger partial charge < -0.3 is 15.2 Å². The van der Waals surface area contributed by atoms with Crippen molar-refractivity contribution in [2.24, 2.45) is 0 Å². The van der Waals surface area contributed by atoms with Crippen LogP contribution in [0, 0.1) is 6.92 Å². The van der Waals surface area contributed by atoms with Gasteiger partial charge >= 0.3 is 6.03 Å². The third-order valence-electron chi connectivity index (χ3n) is 4.49. The number of imidazole rings is 1. The van der Waals surface area contributed by atoms with E-state index in [1.54, 1.807) is 6.20 Å². The van der Waals surface area contributed by atoms with Crippen molar-refractivity contribution >= 4 is 11.9 Å². The monoisotopic (exact) mass is 291 g/mol. The summed E-state index contributed by atoms with van der Waals surface area (Å²) in [7, 11) is 0. The van der Waals surface area contributed by atoms with Crippen LogP contribution in [-0.4, -0.2) is 51.6 Å². The Balaban J connectivity index is 1.75. The number of hydrogen-bond acceptors (Lipinski definition) is 4. The second-order valence-corrected chi connectivity index (χ2v) is 5.91. The maximum absolute atomic E-state index is 12.7. The zero-order chi connectivity index (χ0) is 15.0. The van der Waals surface area contributed by atoms with Crippen molar-refractivity contribution in [2.75, 3.05) is 19.6 Å². The molecule has 7 nitrogen and oxygen atoms in total. The lowest BCUT2D eigenvalue weighted by Crippen LogP contribution is -2.54. The maximum Gasteiger partial charge on any atom is 0.325 e. The highest BCUT2D eigenvalue weighted by Crippen LogP contribution is 2.28. The van der Waals surface area contributed by atoms with Crippen molar-refractivity contribution in [3.63, 3.8) is 0 Å². The Hall–Kier alpha value is -1.89. The molecule has 1 atom stereocenters. The second kappa shape index (κ2) is 5.14. The average Bonchev–Trinajstić information content (AvgIpc) is 2.98. The Morgan fingerprint density at radius 3 is 2.71 bits per heavy atom. The number of amides is 3. The van der Waals surface area contributed by atoms with Crippen LogP contribution in [-0.2, 0) is 4.79 Å². The number of rotatable bonds is 3. The average molecular weight is 291 g/mol. The lowest BCUT2D eigenvalue weighted by molar-refractivity contribution is -0.132. The zero-order valence-corrected chi connectivity index (χ0v) is 12.4. The van der Waals surface area contributed by atoms with E-state index in [0.717, 1.165) is 18.9 Å². The van der Waals surface area contributed by atoms with E-state index < -0.39 is 5.54 Å².